The summed E-state index contributed by atoms with van der Waals surface area (Å²) >= 11 is 0. The van der Waals surface area contributed by atoms with Crippen LogP contribution in [0.5, 0.6) is 0 Å². The molecular weight excluding hydrogens is 256 g/mol. The lowest BCUT2D eigenvalue weighted by molar-refractivity contribution is -0.134. The van der Waals surface area contributed by atoms with Gasteiger partial charge in [0, 0.05) is 18.0 Å². The normalized spacial score (nSPS) is 18.9. The van der Waals surface area contributed by atoms with Gasteiger partial charge in [-0.25, -0.2) is 0 Å². The largest absolute Gasteiger partial charge is 0.296 e. The van der Waals surface area contributed by atoms with Crippen LogP contribution in [-0.4, -0.2) is 23.1 Å². The molecule has 0 radical (unpaired) electrons. The molecule has 20 heavy (non-hydrogen) atoms. The number of piperidine rings is 1. The summed E-state index contributed by atoms with van der Waals surface area (Å²) < 4.78 is 0. The van der Waals surface area contributed by atoms with Crippen molar-refractivity contribution in [3.05, 3.63) is 41.7 Å². The number of nitrogens with one attached hydrogen (secondary N) is 1. The van der Waals surface area contributed by atoms with E-state index in [2.05, 4.69) is 10.3 Å². The van der Waals surface area contributed by atoms with E-state index in [1.807, 2.05) is 18.2 Å². The molecule has 1 atom stereocenters. The van der Waals surface area contributed by atoms with E-state index in [9.17, 15) is 14.4 Å². The number of pyridine rings is 1. The van der Waals surface area contributed by atoms with E-state index in [-0.39, 0.29) is 17.7 Å². The topological polar surface area (TPSA) is 76.1 Å². The van der Waals surface area contributed by atoms with Crippen molar-refractivity contribution < 1.29 is 14.4 Å². The number of rotatable bonds is 2. The number of amides is 2. The summed E-state index contributed by atoms with van der Waals surface area (Å²) in [4.78, 5) is 38.1. The molecule has 2 heterocycles. The lowest BCUT2D eigenvalue weighted by atomic mass is 9.87. The molecule has 5 nitrogen and oxygen atoms in total. The Morgan fingerprint density at radius 2 is 2.15 bits per heavy atom. The molecule has 0 aliphatic carbocycles. The molecule has 1 saturated heterocycles. The zero-order valence-electron chi connectivity index (χ0n) is 10.6. The van der Waals surface area contributed by atoms with Crippen molar-refractivity contribution in [3.8, 4) is 0 Å². The fraction of sp³-hybridized carbons (Fsp3) is 0.200. The van der Waals surface area contributed by atoms with Crippen molar-refractivity contribution in [2.24, 2.45) is 0 Å². The zero-order chi connectivity index (χ0) is 14.1. The molecule has 5 heteroatoms. The maximum absolute atomic E-state index is 12.0. The van der Waals surface area contributed by atoms with Crippen LogP contribution in [0.15, 0.2) is 30.5 Å². The summed E-state index contributed by atoms with van der Waals surface area (Å²) in [6.07, 6.45) is 3.12. The average Bonchev–Trinajstić information content (AvgIpc) is 2.46. The summed E-state index contributed by atoms with van der Waals surface area (Å²) in [5.74, 6) is -0.877. The smallest absolute Gasteiger partial charge is 0.234 e. The maximum atomic E-state index is 12.0. The Balaban J connectivity index is 2.13. The van der Waals surface area contributed by atoms with Crippen LogP contribution in [0.2, 0.25) is 0 Å². The van der Waals surface area contributed by atoms with Gasteiger partial charge in [-0.15, -0.1) is 0 Å². The van der Waals surface area contributed by atoms with Crippen LogP contribution in [0.4, 0.5) is 0 Å². The fourth-order valence-electron chi connectivity index (χ4n) is 2.57. The van der Waals surface area contributed by atoms with E-state index in [0.717, 1.165) is 16.3 Å². The van der Waals surface area contributed by atoms with Crippen LogP contribution in [0, 0.1) is 0 Å². The second-order valence-corrected chi connectivity index (χ2v) is 4.80. The Morgan fingerprint density at radius 3 is 2.90 bits per heavy atom. The van der Waals surface area contributed by atoms with Gasteiger partial charge in [0.15, 0.2) is 6.29 Å². The van der Waals surface area contributed by atoms with Gasteiger partial charge in [0.25, 0.3) is 0 Å². The van der Waals surface area contributed by atoms with Gasteiger partial charge in [-0.05, 0) is 23.4 Å². The van der Waals surface area contributed by atoms with Gasteiger partial charge in [-0.1, -0.05) is 18.2 Å². The summed E-state index contributed by atoms with van der Waals surface area (Å²) in [6.45, 7) is 0. The molecule has 1 aromatic heterocycles. The number of hydrogen-bond acceptors (Lipinski definition) is 4. The van der Waals surface area contributed by atoms with Crippen molar-refractivity contribution in [3.63, 3.8) is 0 Å². The number of aldehydes is 1. The number of carbonyl (C=O) groups is 3. The molecule has 0 spiro atoms. The lowest BCUT2D eigenvalue weighted by Gasteiger charge is -2.22. The molecule has 2 aromatic rings. The Labute approximate surface area is 115 Å². The Kier molecular flexibility index (Phi) is 3.02. The van der Waals surface area contributed by atoms with Gasteiger partial charge in [0.05, 0.1) is 5.92 Å². The molecule has 1 unspecified atom stereocenters. The molecule has 3 rings (SSSR count). The number of imide groups is 1. The van der Waals surface area contributed by atoms with Crippen LogP contribution in [-0.2, 0) is 9.59 Å². The molecule has 1 aromatic carbocycles. The second kappa shape index (κ2) is 4.85. The average molecular weight is 268 g/mol. The van der Waals surface area contributed by atoms with E-state index in [4.69, 9.17) is 0 Å². The van der Waals surface area contributed by atoms with E-state index >= 15 is 0 Å². The molecule has 100 valence electrons. The van der Waals surface area contributed by atoms with Crippen LogP contribution < -0.4 is 5.32 Å². The van der Waals surface area contributed by atoms with Gasteiger partial charge in [-0.3, -0.25) is 24.7 Å². The number of nitrogens with zero attached hydrogens (tertiary/aromatic N) is 1. The van der Waals surface area contributed by atoms with Crippen molar-refractivity contribution in [2.75, 3.05) is 0 Å². The summed E-state index contributed by atoms with van der Waals surface area (Å²) in [5.41, 5.74) is 1.16. The maximum Gasteiger partial charge on any atom is 0.234 e. The lowest BCUT2D eigenvalue weighted by Crippen LogP contribution is -2.39. The van der Waals surface area contributed by atoms with Crippen LogP contribution in [0.25, 0.3) is 10.8 Å². The van der Waals surface area contributed by atoms with Crippen LogP contribution in [0.1, 0.15) is 34.8 Å². The molecular formula is C15H12N2O3. The van der Waals surface area contributed by atoms with E-state index in [0.29, 0.717) is 24.8 Å². The van der Waals surface area contributed by atoms with Crippen molar-refractivity contribution >= 4 is 28.9 Å². The number of fused-ring (bicyclic) bond motifs is 1. The summed E-state index contributed by atoms with van der Waals surface area (Å²) in [6, 6.07) is 7.27. The SMILES string of the molecule is O=Cc1cc2c(C3CCC(=O)NC3=O)cccc2cn1. The minimum absolute atomic E-state index is 0.235. The Hall–Kier alpha value is -2.56. The fourth-order valence-corrected chi connectivity index (χ4v) is 2.57. The van der Waals surface area contributed by atoms with E-state index in [1.54, 1.807) is 12.3 Å². The molecule has 1 fully saturated rings. The summed E-state index contributed by atoms with van der Waals surface area (Å²) in [5, 5.41) is 4.06. The zero-order valence-corrected chi connectivity index (χ0v) is 10.6. The molecule has 1 aliphatic heterocycles. The number of aromatic nitrogens is 1. The highest BCUT2D eigenvalue weighted by atomic mass is 16.2. The molecule has 0 bridgehead atoms. The molecule has 1 N–H and O–H groups in total. The monoisotopic (exact) mass is 268 g/mol. The van der Waals surface area contributed by atoms with Crippen LogP contribution >= 0.6 is 0 Å². The highest BCUT2D eigenvalue weighted by molar-refractivity contribution is 6.03. The van der Waals surface area contributed by atoms with E-state index < -0.39 is 0 Å². The first-order chi connectivity index (χ1) is 9.69. The number of carbonyl (C=O) groups excluding carboxylic acids is 3. The standard InChI is InChI=1S/C15H12N2O3/c18-8-10-6-13-9(7-16-10)2-1-3-11(13)12-4-5-14(19)17-15(12)20/h1-3,6-8,12H,4-5H2,(H,17,19,20). The molecule has 1 aliphatic rings. The quantitative estimate of drug-likeness (QED) is 0.662. The third-order valence-electron chi connectivity index (χ3n) is 3.55. The summed E-state index contributed by atoms with van der Waals surface area (Å²) in [7, 11) is 0. The first kappa shape index (κ1) is 12.5. The first-order valence-corrected chi connectivity index (χ1v) is 6.36. The highest BCUT2D eigenvalue weighted by Gasteiger charge is 2.29. The third-order valence-corrected chi connectivity index (χ3v) is 3.55. The van der Waals surface area contributed by atoms with Gasteiger partial charge in [-0.2, -0.15) is 0 Å². The Bertz CT molecular complexity index is 724. The van der Waals surface area contributed by atoms with Crippen LogP contribution in [0.3, 0.4) is 0 Å². The van der Waals surface area contributed by atoms with Gasteiger partial charge in [0.1, 0.15) is 5.69 Å². The number of benzene rings is 1. The molecule has 2 amide bonds. The second-order valence-electron chi connectivity index (χ2n) is 4.80. The minimum atomic E-state index is -0.363. The first-order valence-electron chi connectivity index (χ1n) is 6.36. The number of hydrogen-bond donors (Lipinski definition) is 1. The van der Waals surface area contributed by atoms with Gasteiger partial charge >= 0.3 is 0 Å². The molecule has 0 saturated carbocycles. The Morgan fingerprint density at radius 1 is 1.30 bits per heavy atom. The van der Waals surface area contributed by atoms with Gasteiger partial charge in [0.2, 0.25) is 11.8 Å². The third kappa shape index (κ3) is 2.07. The van der Waals surface area contributed by atoms with Gasteiger partial charge < -0.3 is 0 Å². The predicted molar refractivity (Wildman–Crippen MR) is 72.3 cm³/mol. The predicted octanol–water partition coefficient (Wildman–Crippen LogP) is 1.57. The van der Waals surface area contributed by atoms with Crippen molar-refractivity contribution in [2.45, 2.75) is 18.8 Å². The highest BCUT2D eigenvalue weighted by Crippen LogP contribution is 2.30. The van der Waals surface area contributed by atoms with E-state index in [1.165, 1.54) is 0 Å². The van der Waals surface area contributed by atoms with Crippen molar-refractivity contribution in [1.82, 2.24) is 10.3 Å². The van der Waals surface area contributed by atoms with Crippen molar-refractivity contribution in [1.29, 1.82) is 0 Å². The minimum Gasteiger partial charge on any atom is -0.296 e.